The number of hydrogen-bond acceptors (Lipinski definition) is 6. The van der Waals surface area contributed by atoms with E-state index in [0.29, 0.717) is 5.92 Å². The monoisotopic (exact) mass is 394 g/mol. The van der Waals surface area contributed by atoms with Gasteiger partial charge < -0.3 is 4.57 Å². The van der Waals surface area contributed by atoms with E-state index in [-0.39, 0.29) is 5.41 Å². The van der Waals surface area contributed by atoms with Crippen LogP contribution in [0.3, 0.4) is 0 Å². The Morgan fingerprint density at radius 1 is 0.966 bits per heavy atom. The number of aromatic nitrogens is 7. The van der Waals surface area contributed by atoms with Crippen molar-refractivity contribution in [3.05, 3.63) is 35.3 Å². The Morgan fingerprint density at radius 3 is 2.59 bits per heavy atom. The molecule has 3 aromatic heterocycles. The van der Waals surface area contributed by atoms with Gasteiger partial charge in [0.05, 0.1) is 12.2 Å². The molecule has 1 fully saturated rings. The summed E-state index contributed by atoms with van der Waals surface area (Å²) in [6.07, 6.45) is 5.69. The van der Waals surface area contributed by atoms with E-state index in [9.17, 15) is 0 Å². The molecule has 5 heterocycles. The zero-order valence-electron chi connectivity index (χ0n) is 17.7. The van der Waals surface area contributed by atoms with E-state index in [0.717, 1.165) is 74.3 Å². The largest absolute Gasteiger partial charge is 0.314 e. The van der Waals surface area contributed by atoms with Crippen LogP contribution < -0.4 is 0 Å². The molecular formula is C21H30N8. The van der Waals surface area contributed by atoms with Crippen molar-refractivity contribution in [2.75, 3.05) is 13.1 Å². The lowest BCUT2D eigenvalue weighted by Crippen LogP contribution is -2.34. The maximum atomic E-state index is 4.87. The molecule has 0 atom stereocenters. The van der Waals surface area contributed by atoms with Crippen LogP contribution in [-0.4, -0.2) is 52.6 Å². The molecule has 0 aromatic carbocycles. The third-order valence-electron chi connectivity index (χ3n) is 6.31. The van der Waals surface area contributed by atoms with E-state index in [2.05, 4.69) is 56.7 Å². The molecule has 0 saturated carbocycles. The highest BCUT2D eigenvalue weighted by molar-refractivity contribution is 5.37. The highest BCUT2D eigenvalue weighted by atomic mass is 15.4. The molecule has 2 aliphatic rings. The predicted molar refractivity (Wildman–Crippen MR) is 110 cm³/mol. The predicted octanol–water partition coefficient (Wildman–Crippen LogP) is 2.73. The number of aryl methyl sites for hydroxylation is 1. The summed E-state index contributed by atoms with van der Waals surface area (Å²) in [5, 5.41) is 22.6. The van der Waals surface area contributed by atoms with Crippen LogP contribution >= 0.6 is 0 Å². The quantitative estimate of drug-likeness (QED) is 0.680. The molecule has 0 N–H and O–H groups in total. The molecule has 0 unspecified atom stereocenters. The zero-order valence-corrected chi connectivity index (χ0v) is 17.7. The summed E-state index contributed by atoms with van der Waals surface area (Å²) in [4.78, 5) is 2.50. The minimum atomic E-state index is 0.0104. The lowest BCUT2D eigenvalue weighted by atomic mass is 9.92. The molecule has 2 aliphatic heterocycles. The Hall–Kier alpha value is -2.35. The Labute approximate surface area is 171 Å². The Balaban J connectivity index is 1.29. The lowest BCUT2D eigenvalue weighted by molar-refractivity contribution is 0.193. The van der Waals surface area contributed by atoms with Gasteiger partial charge in [0.2, 0.25) is 0 Å². The summed E-state index contributed by atoms with van der Waals surface area (Å²) < 4.78 is 4.30. The second-order valence-corrected chi connectivity index (χ2v) is 9.49. The first kappa shape index (κ1) is 18.7. The minimum Gasteiger partial charge on any atom is -0.314 e. The molecule has 0 amide bonds. The van der Waals surface area contributed by atoms with Crippen LogP contribution in [0.4, 0.5) is 0 Å². The molecule has 0 bridgehead atoms. The van der Waals surface area contributed by atoms with Crippen LogP contribution in [0.1, 0.15) is 75.5 Å². The fourth-order valence-electron chi connectivity index (χ4n) is 4.49. The van der Waals surface area contributed by atoms with E-state index in [1.54, 1.807) is 0 Å². The van der Waals surface area contributed by atoms with Gasteiger partial charge in [-0.05, 0) is 50.9 Å². The van der Waals surface area contributed by atoms with Crippen molar-refractivity contribution in [1.29, 1.82) is 0 Å². The fraction of sp³-hybridized carbons (Fsp3) is 0.667. The third-order valence-corrected chi connectivity index (χ3v) is 6.31. The molecular weight excluding hydrogens is 364 g/mol. The molecule has 154 valence electrons. The maximum absolute atomic E-state index is 4.87. The van der Waals surface area contributed by atoms with Crippen molar-refractivity contribution >= 4 is 5.65 Å². The maximum Gasteiger partial charge on any atom is 0.177 e. The SMILES string of the molecule is CC(C)(C)c1ccc2nnc(C3CCN(Cc4nnc5n4CCCC5)CC3)n2n1. The highest BCUT2D eigenvalue weighted by Crippen LogP contribution is 2.28. The Kier molecular flexibility index (Phi) is 4.61. The summed E-state index contributed by atoms with van der Waals surface area (Å²) in [6, 6.07) is 4.10. The van der Waals surface area contributed by atoms with Crippen LogP contribution in [0.2, 0.25) is 0 Å². The van der Waals surface area contributed by atoms with Crippen molar-refractivity contribution in [3.8, 4) is 0 Å². The summed E-state index contributed by atoms with van der Waals surface area (Å²) in [7, 11) is 0. The Bertz CT molecular complexity index is 1000. The van der Waals surface area contributed by atoms with E-state index < -0.39 is 0 Å². The van der Waals surface area contributed by atoms with E-state index in [1.165, 1.54) is 12.8 Å². The highest BCUT2D eigenvalue weighted by Gasteiger charge is 2.27. The van der Waals surface area contributed by atoms with Crippen molar-refractivity contribution in [2.24, 2.45) is 0 Å². The first-order chi connectivity index (χ1) is 14.0. The van der Waals surface area contributed by atoms with Crippen LogP contribution in [0.25, 0.3) is 5.65 Å². The summed E-state index contributed by atoms with van der Waals surface area (Å²) in [5.41, 5.74) is 1.92. The van der Waals surface area contributed by atoms with Crippen molar-refractivity contribution in [3.63, 3.8) is 0 Å². The normalized spacial score (nSPS) is 19.0. The second-order valence-electron chi connectivity index (χ2n) is 9.49. The molecule has 0 aliphatic carbocycles. The van der Waals surface area contributed by atoms with Crippen LogP contribution in [-0.2, 0) is 24.9 Å². The number of nitrogens with zero attached hydrogens (tertiary/aromatic N) is 8. The average molecular weight is 395 g/mol. The number of fused-ring (bicyclic) bond motifs is 2. The minimum absolute atomic E-state index is 0.0104. The Morgan fingerprint density at radius 2 is 1.79 bits per heavy atom. The van der Waals surface area contributed by atoms with Gasteiger partial charge in [0.1, 0.15) is 11.6 Å². The van der Waals surface area contributed by atoms with Gasteiger partial charge in [-0.3, -0.25) is 4.90 Å². The van der Waals surface area contributed by atoms with Gasteiger partial charge in [-0.1, -0.05) is 20.8 Å². The number of piperidine rings is 1. The van der Waals surface area contributed by atoms with Gasteiger partial charge in [-0.25, -0.2) is 0 Å². The molecule has 0 radical (unpaired) electrons. The molecule has 29 heavy (non-hydrogen) atoms. The summed E-state index contributed by atoms with van der Waals surface area (Å²) in [6.45, 7) is 10.6. The summed E-state index contributed by atoms with van der Waals surface area (Å²) >= 11 is 0. The number of likely N-dealkylation sites (tertiary alicyclic amines) is 1. The van der Waals surface area contributed by atoms with Crippen LogP contribution in [0.15, 0.2) is 12.1 Å². The smallest absolute Gasteiger partial charge is 0.177 e. The lowest BCUT2D eigenvalue weighted by Gasteiger charge is -2.31. The second kappa shape index (κ2) is 7.16. The average Bonchev–Trinajstić information content (AvgIpc) is 3.32. The summed E-state index contributed by atoms with van der Waals surface area (Å²) in [5.74, 6) is 3.70. The molecule has 8 nitrogen and oxygen atoms in total. The van der Waals surface area contributed by atoms with Gasteiger partial charge in [0.15, 0.2) is 11.5 Å². The van der Waals surface area contributed by atoms with Gasteiger partial charge in [0.25, 0.3) is 0 Å². The number of hydrogen-bond donors (Lipinski definition) is 0. The van der Waals surface area contributed by atoms with E-state index in [1.807, 2.05) is 10.6 Å². The van der Waals surface area contributed by atoms with Crippen molar-refractivity contribution < 1.29 is 0 Å². The van der Waals surface area contributed by atoms with Gasteiger partial charge in [0, 0.05) is 24.3 Å². The van der Waals surface area contributed by atoms with Gasteiger partial charge in [-0.2, -0.15) is 9.61 Å². The van der Waals surface area contributed by atoms with E-state index >= 15 is 0 Å². The molecule has 3 aromatic rings. The first-order valence-corrected chi connectivity index (χ1v) is 10.9. The molecule has 0 spiro atoms. The zero-order chi connectivity index (χ0) is 20.0. The number of rotatable bonds is 3. The topological polar surface area (TPSA) is 77.0 Å². The van der Waals surface area contributed by atoms with Gasteiger partial charge >= 0.3 is 0 Å². The van der Waals surface area contributed by atoms with Crippen LogP contribution in [0.5, 0.6) is 0 Å². The van der Waals surface area contributed by atoms with Crippen LogP contribution in [0, 0.1) is 0 Å². The molecule has 1 saturated heterocycles. The molecule has 8 heteroatoms. The van der Waals surface area contributed by atoms with Crippen molar-refractivity contribution in [2.45, 2.75) is 77.3 Å². The van der Waals surface area contributed by atoms with Crippen molar-refractivity contribution in [1.82, 2.24) is 39.5 Å². The fourth-order valence-corrected chi connectivity index (χ4v) is 4.49. The standard InChI is InChI=1S/C21H30N8/c1-21(2,3)16-7-8-18-23-25-20(29(18)26-16)15-9-12-27(13-10-15)14-19-24-22-17-6-4-5-11-28(17)19/h7-8,15H,4-6,9-14H2,1-3H3. The first-order valence-electron chi connectivity index (χ1n) is 10.9. The third kappa shape index (κ3) is 3.54. The van der Waals surface area contributed by atoms with E-state index in [4.69, 9.17) is 5.10 Å². The van der Waals surface area contributed by atoms with Gasteiger partial charge in [-0.15, -0.1) is 20.4 Å². The molecule has 5 rings (SSSR count).